The first-order valence-corrected chi connectivity index (χ1v) is 8.35. The Morgan fingerprint density at radius 2 is 1.92 bits per heavy atom. The van der Waals surface area contributed by atoms with E-state index in [0.717, 1.165) is 24.1 Å². The van der Waals surface area contributed by atoms with Crippen LogP contribution in [-0.2, 0) is 9.59 Å². The van der Waals surface area contributed by atoms with Gasteiger partial charge >= 0.3 is 0 Å². The van der Waals surface area contributed by atoms with E-state index in [-0.39, 0.29) is 17.7 Å². The zero-order valence-corrected chi connectivity index (χ0v) is 13.3. The fraction of sp³-hybridized carbons (Fsp3) is 0.389. The van der Waals surface area contributed by atoms with Gasteiger partial charge in [0.1, 0.15) is 0 Å². The van der Waals surface area contributed by atoms with E-state index in [9.17, 15) is 9.59 Å². The normalized spacial score (nSPS) is 24.3. The van der Waals surface area contributed by atoms with Crippen molar-refractivity contribution in [3.8, 4) is 0 Å². The summed E-state index contributed by atoms with van der Waals surface area (Å²) in [6, 6.07) is 10.9. The van der Waals surface area contributed by atoms with E-state index in [1.54, 1.807) is 0 Å². The van der Waals surface area contributed by atoms with Crippen LogP contribution in [0.25, 0.3) is 0 Å². The minimum atomic E-state index is -0.185. The number of hydrogen-bond donors (Lipinski definition) is 2. The average molecular weight is 324 g/mol. The highest BCUT2D eigenvalue weighted by Gasteiger charge is 2.31. The summed E-state index contributed by atoms with van der Waals surface area (Å²) >= 11 is 0. The first kappa shape index (κ1) is 14.9. The number of amides is 2. The van der Waals surface area contributed by atoms with E-state index in [1.807, 2.05) is 41.3 Å². The molecular weight excluding hydrogens is 304 g/mol. The van der Waals surface area contributed by atoms with Crippen molar-refractivity contribution in [2.24, 2.45) is 0 Å². The van der Waals surface area contributed by atoms with Gasteiger partial charge in [0.2, 0.25) is 11.8 Å². The van der Waals surface area contributed by atoms with Crippen molar-refractivity contribution in [3.63, 3.8) is 0 Å². The van der Waals surface area contributed by atoms with Gasteiger partial charge in [-0.15, -0.1) is 0 Å². The van der Waals surface area contributed by atoms with Gasteiger partial charge in [0.05, 0.1) is 6.04 Å². The van der Waals surface area contributed by atoms with Crippen LogP contribution in [0.4, 0.5) is 5.69 Å². The molecule has 0 atom stereocenters. The van der Waals surface area contributed by atoms with E-state index in [2.05, 4.69) is 21.8 Å². The highest BCUT2D eigenvalue weighted by molar-refractivity contribution is 5.98. The standard InChI is InChI=1S/C18H20N4O2/c23-17-8-13(9-18(24)21-17)12-3-1-4-14(7-12)20-15-10-16(11-15)22-6-2-5-19-22/h1-7,13,15-16,20H,8-11H2,(H,21,23,24). The van der Waals surface area contributed by atoms with Crippen LogP contribution in [0.3, 0.4) is 0 Å². The Labute approximate surface area is 140 Å². The van der Waals surface area contributed by atoms with Gasteiger partial charge in [0.15, 0.2) is 0 Å². The van der Waals surface area contributed by atoms with Crippen LogP contribution in [0, 0.1) is 0 Å². The third-order valence-electron chi connectivity index (χ3n) is 4.88. The lowest BCUT2D eigenvalue weighted by atomic mass is 9.86. The van der Waals surface area contributed by atoms with Crippen molar-refractivity contribution < 1.29 is 9.59 Å². The molecular formula is C18H20N4O2. The van der Waals surface area contributed by atoms with Crippen LogP contribution in [0.5, 0.6) is 0 Å². The fourth-order valence-electron chi connectivity index (χ4n) is 3.55. The second-order valence-electron chi connectivity index (χ2n) is 6.65. The number of carbonyl (C=O) groups excluding carboxylic acids is 2. The van der Waals surface area contributed by atoms with E-state index in [4.69, 9.17) is 0 Å². The number of rotatable bonds is 4. The predicted molar refractivity (Wildman–Crippen MR) is 89.5 cm³/mol. The Kier molecular flexibility index (Phi) is 3.80. The summed E-state index contributed by atoms with van der Waals surface area (Å²) in [5, 5.41) is 10.2. The maximum atomic E-state index is 11.6. The third kappa shape index (κ3) is 3.04. The van der Waals surface area contributed by atoms with Gasteiger partial charge in [-0.05, 0) is 36.6 Å². The Morgan fingerprint density at radius 1 is 1.12 bits per heavy atom. The molecule has 2 aromatic rings. The van der Waals surface area contributed by atoms with E-state index < -0.39 is 0 Å². The minimum absolute atomic E-state index is 0.0220. The number of benzene rings is 1. The maximum absolute atomic E-state index is 11.6. The number of anilines is 1. The van der Waals surface area contributed by atoms with E-state index in [0.29, 0.717) is 24.9 Å². The Bertz CT molecular complexity index is 734. The molecule has 124 valence electrons. The molecule has 0 spiro atoms. The summed E-state index contributed by atoms with van der Waals surface area (Å²) in [5.41, 5.74) is 2.10. The molecule has 2 heterocycles. The summed E-state index contributed by atoms with van der Waals surface area (Å²) in [5.74, 6) is -0.391. The Balaban J connectivity index is 1.39. The zero-order valence-electron chi connectivity index (χ0n) is 13.3. The molecule has 0 radical (unpaired) electrons. The molecule has 1 aromatic carbocycles. The fourth-order valence-corrected chi connectivity index (χ4v) is 3.55. The lowest BCUT2D eigenvalue weighted by Gasteiger charge is -2.36. The highest BCUT2D eigenvalue weighted by atomic mass is 16.2. The van der Waals surface area contributed by atoms with Crippen LogP contribution in [-0.4, -0.2) is 27.6 Å². The molecule has 1 saturated heterocycles. The summed E-state index contributed by atoms with van der Waals surface area (Å²) in [6.07, 6.45) is 6.67. The number of nitrogens with zero attached hydrogens (tertiary/aromatic N) is 2. The summed E-state index contributed by atoms with van der Waals surface area (Å²) in [7, 11) is 0. The van der Waals surface area contributed by atoms with E-state index in [1.165, 1.54) is 0 Å². The molecule has 6 heteroatoms. The van der Waals surface area contributed by atoms with Gasteiger partial charge in [-0.3, -0.25) is 19.6 Å². The molecule has 1 saturated carbocycles. The molecule has 1 aliphatic heterocycles. The van der Waals surface area contributed by atoms with Crippen molar-refractivity contribution >= 4 is 17.5 Å². The second kappa shape index (κ2) is 6.11. The summed E-state index contributed by atoms with van der Waals surface area (Å²) in [6.45, 7) is 0. The van der Waals surface area contributed by atoms with Gasteiger partial charge in [0, 0.05) is 42.9 Å². The second-order valence-corrected chi connectivity index (χ2v) is 6.65. The van der Waals surface area contributed by atoms with Crippen LogP contribution >= 0.6 is 0 Å². The maximum Gasteiger partial charge on any atom is 0.227 e. The molecule has 2 fully saturated rings. The SMILES string of the molecule is O=C1CC(c2cccc(NC3CC(n4cccn4)C3)c2)CC(=O)N1. The minimum Gasteiger partial charge on any atom is -0.382 e. The predicted octanol–water partition coefficient (Wildman–Crippen LogP) is 2.22. The van der Waals surface area contributed by atoms with Gasteiger partial charge in [-0.2, -0.15) is 5.10 Å². The monoisotopic (exact) mass is 324 g/mol. The first-order valence-electron chi connectivity index (χ1n) is 8.35. The van der Waals surface area contributed by atoms with Gasteiger partial charge in [0.25, 0.3) is 0 Å². The van der Waals surface area contributed by atoms with Crippen LogP contribution in [0.15, 0.2) is 42.7 Å². The van der Waals surface area contributed by atoms with Crippen LogP contribution < -0.4 is 10.6 Å². The number of aromatic nitrogens is 2. The number of carbonyl (C=O) groups is 2. The van der Waals surface area contributed by atoms with Crippen molar-refractivity contribution in [2.45, 2.75) is 43.7 Å². The molecule has 0 unspecified atom stereocenters. The van der Waals surface area contributed by atoms with Gasteiger partial charge in [-0.1, -0.05) is 12.1 Å². The molecule has 2 aliphatic rings. The Hall–Kier alpha value is -2.63. The molecule has 24 heavy (non-hydrogen) atoms. The number of hydrogen-bond acceptors (Lipinski definition) is 4. The largest absolute Gasteiger partial charge is 0.382 e. The molecule has 6 nitrogen and oxygen atoms in total. The molecule has 2 N–H and O–H groups in total. The lowest BCUT2D eigenvalue weighted by Crippen LogP contribution is -2.38. The summed E-state index contributed by atoms with van der Waals surface area (Å²) in [4.78, 5) is 23.1. The smallest absolute Gasteiger partial charge is 0.227 e. The van der Waals surface area contributed by atoms with Crippen molar-refractivity contribution in [1.82, 2.24) is 15.1 Å². The number of nitrogens with one attached hydrogen (secondary N) is 2. The van der Waals surface area contributed by atoms with Crippen molar-refractivity contribution in [2.75, 3.05) is 5.32 Å². The molecule has 1 aliphatic carbocycles. The van der Waals surface area contributed by atoms with Crippen molar-refractivity contribution in [1.29, 1.82) is 0 Å². The van der Waals surface area contributed by atoms with Crippen LogP contribution in [0.1, 0.15) is 43.2 Å². The zero-order chi connectivity index (χ0) is 16.5. The van der Waals surface area contributed by atoms with Crippen molar-refractivity contribution in [3.05, 3.63) is 48.3 Å². The van der Waals surface area contributed by atoms with Gasteiger partial charge in [-0.25, -0.2) is 0 Å². The molecule has 1 aromatic heterocycles. The molecule has 2 amide bonds. The number of piperidine rings is 1. The number of imide groups is 1. The quantitative estimate of drug-likeness (QED) is 0.846. The topological polar surface area (TPSA) is 76.0 Å². The summed E-state index contributed by atoms with van der Waals surface area (Å²) < 4.78 is 2.01. The lowest BCUT2D eigenvalue weighted by molar-refractivity contribution is -0.133. The first-order chi connectivity index (χ1) is 11.7. The Morgan fingerprint density at radius 3 is 2.62 bits per heavy atom. The molecule has 0 bridgehead atoms. The third-order valence-corrected chi connectivity index (χ3v) is 4.88. The molecule has 4 rings (SSSR count). The van der Waals surface area contributed by atoms with Crippen LogP contribution in [0.2, 0.25) is 0 Å². The average Bonchev–Trinajstić information content (AvgIpc) is 3.03. The van der Waals surface area contributed by atoms with E-state index >= 15 is 0 Å². The van der Waals surface area contributed by atoms with Gasteiger partial charge < -0.3 is 5.32 Å². The highest BCUT2D eigenvalue weighted by Crippen LogP contribution is 2.34.